The summed E-state index contributed by atoms with van der Waals surface area (Å²) in [4.78, 5) is 16.7. The van der Waals surface area contributed by atoms with Crippen LogP contribution in [0.5, 0.6) is 0 Å². The van der Waals surface area contributed by atoms with Gasteiger partial charge >= 0.3 is 0 Å². The Morgan fingerprint density at radius 2 is 2.14 bits per heavy atom. The van der Waals surface area contributed by atoms with Crippen molar-refractivity contribution in [3.05, 3.63) is 35.6 Å². The highest BCUT2D eigenvalue weighted by atomic mass is 19.1. The molecule has 1 unspecified atom stereocenters. The van der Waals surface area contributed by atoms with Gasteiger partial charge in [0.05, 0.1) is 6.61 Å². The molecule has 0 aromatic heterocycles. The standard InChI is InChI=1S/C16H21FN2O2/c17-14-4-1-3-13(11-14)16(20)19-7-2-6-18(8-9-19)15-5-10-21-12-15/h1,3-4,11,15H,2,5-10,12H2. The summed E-state index contributed by atoms with van der Waals surface area (Å²) in [6, 6.07) is 6.44. The summed E-state index contributed by atoms with van der Waals surface area (Å²) in [5, 5.41) is 0. The molecule has 21 heavy (non-hydrogen) atoms. The number of hydrogen-bond donors (Lipinski definition) is 0. The van der Waals surface area contributed by atoms with E-state index < -0.39 is 0 Å². The minimum absolute atomic E-state index is 0.0704. The van der Waals surface area contributed by atoms with Crippen LogP contribution in [0.3, 0.4) is 0 Å². The Labute approximate surface area is 124 Å². The lowest BCUT2D eigenvalue weighted by Crippen LogP contribution is -2.39. The van der Waals surface area contributed by atoms with E-state index in [2.05, 4.69) is 4.90 Å². The number of rotatable bonds is 2. The highest BCUT2D eigenvalue weighted by Gasteiger charge is 2.27. The van der Waals surface area contributed by atoms with E-state index >= 15 is 0 Å². The number of nitrogens with zero attached hydrogens (tertiary/aromatic N) is 2. The second kappa shape index (κ2) is 6.54. The van der Waals surface area contributed by atoms with Crippen molar-refractivity contribution in [2.45, 2.75) is 18.9 Å². The molecule has 2 fully saturated rings. The van der Waals surface area contributed by atoms with Gasteiger partial charge in [-0.2, -0.15) is 0 Å². The third-order valence-corrected chi connectivity index (χ3v) is 4.31. The number of carbonyl (C=O) groups excluding carboxylic acids is 1. The van der Waals surface area contributed by atoms with Gasteiger partial charge in [-0.15, -0.1) is 0 Å². The van der Waals surface area contributed by atoms with Gasteiger partial charge in [0.1, 0.15) is 5.82 Å². The van der Waals surface area contributed by atoms with Crippen LogP contribution < -0.4 is 0 Å². The van der Waals surface area contributed by atoms with Crippen molar-refractivity contribution in [2.75, 3.05) is 39.4 Å². The van der Waals surface area contributed by atoms with E-state index in [9.17, 15) is 9.18 Å². The summed E-state index contributed by atoms with van der Waals surface area (Å²) in [5.41, 5.74) is 0.438. The summed E-state index contributed by atoms with van der Waals surface area (Å²) >= 11 is 0. The fraction of sp³-hybridized carbons (Fsp3) is 0.562. The molecule has 2 saturated heterocycles. The van der Waals surface area contributed by atoms with Crippen LogP contribution in [0.15, 0.2) is 24.3 Å². The number of hydrogen-bond acceptors (Lipinski definition) is 3. The molecular formula is C16H21FN2O2. The Hall–Kier alpha value is -1.46. The van der Waals surface area contributed by atoms with Crippen LogP contribution in [0.1, 0.15) is 23.2 Å². The highest BCUT2D eigenvalue weighted by molar-refractivity contribution is 5.94. The molecule has 0 saturated carbocycles. The molecule has 1 aromatic rings. The fourth-order valence-electron chi connectivity index (χ4n) is 3.12. The van der Waals surface area contributed by atoms with E-state index in [1.165, 1.54) is 12.1 Å². The van der Waals surface area contributed by atoms with Crippen LogP contribution in [0.4, 0.5) is 4.39 Å². The molecule has 5 heteroatoms. The van der Waals surface area contributed by atoms with Crippen molar-refractivity contribution >= 4 is 5.91 Å². The maximum Gasteiger partial charge on any atom is 0.254 e. The van der Waals surface area contributed by atoms with Crippen molar-refractivity contribution in [1.82, 2.24) is 9.80 Å². The van der Waals surface area contributed by atoms with Crippen molar-refractivity contribution in [3.8, 4) is 0 Å². The van der Waals surface area contributed by atoms with E-state index in [1.54, 1.807) is 12.1 Å². The molecule has 3 rings (SSSR count). The van der Waals surface area contributed by atoms with Crippen LogP contribution in [0.2, 0.25) is 0 Å². The van der Waals surface area contributed by atoms with E-state index in [4.69, 9.17) is 4.74 Å². The molecule has 0 bridgehead atoms. The Kier molecular flexibility index (Phi) is 4.51. The van der Waals surface area contributed by atoms with E-state index in [0.29, 0.717) is 18.2 Å². The average molecular weight is 292 g/mol. The quantitative estimate of drug-likeness (QED) is 0.833. The summed E-state index contributed by atoms with van der Waals surface area (Å²) < 4.78 is 18.7. The van der Waals surface area contributed by atoms with Crippen molar-refractivity contribution in [3.63, 3.8) is 0 Å². The summed E-state index contributed by atoms with van der Waals surface area (Å²) in [5.74, 6) is -0.431. The molecule has 114 valence electrons. The number of ether oxygens (including phenoxy) is 1. The molecule has 1 amide bonds. The van der Waals surface area contributed by atoms with Crippen LogP contribution in [0, 0.1) is 5.82 Å². The molecule has 2 heterocycles. The van der Waals surface area contributed by atoms with Crippen molar-refractivity contribution < 1.29 is 13.9 Å². The molecule has 4 nitrogen and oxygen atoms in total. The smallest absolute Gasteiger partial charge is 0.254 e. The van der Waals surface area contributed by atoms with E-state index in [1.807, 2.05) is 4.90 Å². The lowest BCUT2D eigenvalue weighted by Gasteiger charge is -2.26. The lowest BCUT2D eigenvalue weighted by molar-refractivity contribution is 0.0756. The van der Waals surface area contributed by atoms with Gasteiger partial charge in [0, 0.05) is 44.4 Å². The zero-order valence-electron chi connectivity index (χ0n) is 12.1. The molecule has 2 aliphatic rings. The third kappa shape index (κ3) is 3.41. The summed E-state index contributed by atoms with van der Waals surface area (Å²) in [6.45, 7) is 4.95. The Balaban J connectivity index is 1.63. The molecular weight excluding hydrogens is 271 g/mol. The first-order chi connectivity index (χ1) is 10.2. The minimum Gasteiger partial charge on any atom is -0.380 e. The summed E-state index contributed by atoms with van der Waals surface area (Å²) in [7, 11) is 0. The van der Waals surface area contributed by atoms with Gasteiger partial charge in [0.2, 0.25) is 0 Å². The third-order valence-electron chi connectivity index (χ3n) is 4.31. The number of amides is 1. The predicted molar refractivity (Wildman–Crippen MR) is 77.7 cm³/mol. The Morgan fingerprint density at radius 1 is 1.24 bits per heavy atom. The van der Waals surface area contributed by atoms with Crippen LogP contribution in [-0.2, 0) is 4.74 Å². The van der Waals surface area contributed by atoms with Gasteiger partial charge in [0.15, 0.2) is 0 Å². The molecule has 0 N–H and O–H groups in total. The van der Waals surface area contributed by atoms with Crippen molar-refractivity contribution in [2.24, 2.45) is 0 Å². The molecule has 1 aromatic carbocycles. The van der Waals surface area contributed by atoms with Crippen LogP contribution in [0.25, 0.3) is 0 Å². The molecule has 2 aliphatic heterocycles. The molecule has 1 atom stereocenters. The topological polar surface area (TPSA) is 32.8 Å². The number of benzene rings is 1. The predicted octanol–water partition coefficient (Wildman–Crippen LogP) is 1.76. The average Bonchev–Trinajstić information content (AvgIpc) is 2.91. The monoisotopic (exact) mass is 292 g/mol. The Morgan fingerprint density at radius 3 is 2.90 bits per heavy atom. The first kappa shape index (κ1) is 14.5. The van der Waals surface area contributed by atoms with E-state index in [0.717, 1.165) is 45.7 Å². The second-order valence-electron chi connectivity index (χ2n) is 5.71. The molecule has 0 radical (unpaired) electrons. The normalized spacial score (nSPS) is 24.0. The van der Waals surface area contributed by atoms with Gasteiger partial charge in [-0.25, -0.2) is 4.39 Å². The zero-order chi connectivity index (χ0) is 14.7. The van der Waals surface area contributed by atoms with Gasteiger partial charge in [-0.05, 0) is 31.0 Å². The van der Waals surface area contributed by atoms with Gasteiger partial charge in [-0.3, -0.25) is 9.69 Å². The largest absolute Gasteiger partial charge is 0.380 e. The zero-order valence-corrected chi connectivity index (χ0v) is 12.1. The maximum absolute atomic E-state index is 13.2. The maximum atomic E-state index is 13.2. The highest BCUT2D eigenvalue weighted by Crippen LogP contribution is 2.16. The van der Waals surface area contributed by atoms with Gasteiger partial charge < -0.3 is 9.64 Å². The summed E-state index contributed by atoms with van der Waals surface area (Å²) in [6.07, 6.45) is 2.04. The Bertz CT molecular complexity index is 503. The van der Waals surface area contributed by atoms with Crippen molar-refractivity contribution in [1.29, 1.82) is 0 Å². The lowest BCUT2D eigenvalue weighted by atomic mass is 10.2. The van der Waals surface area contributed by atoms with E-state index in [-0.39, 0.29) is 11.7 Å². The van der Waals surface area contributed by atoms with Crippen LogP contribution >= 0.6 is 0 Å². The molecule has 0 aliphatic carbocycles. The first-order valence-corrected chi connectivity index (χ1v) is 7.61. The fourth-order valence-corrected chi connectivity index (χ4v) is 3.12. The SMILES string of the molecule is O=C(c1cccc(F)c1)N1CCCN(C2CCOC2)CC1. The van der Waals surface area contributed by atoms with Gasteiger partial charge in [-0.1, -0.05) is 6.07 Å². The second-order valence-corrected chi connectivity index (χ2v) is 5.71. The number of carbonyl (C=O) groups is 1. The first-order valence-electron chi connectivity index (χ1n) is 7.61. The van der Waals surface area contributed by atoms with Gasteiger partial charge in [0.25, 0.3) is 5.91 Å². The van der Waals surface area contributed by atoms with Crippen LogP contribution in [-0.4, -0.2) is 61.1 Å². The molecule has 0 spiro atoms. The minimum atomic E-state index is -0.361. The number of halogens is 1.